The summed E-state index contributed by atoms with van der Waals surface area (Å²) >= 11 is 0. The molecule has 2 rings (SSSR count). The van der Waals surface area contributed by atoms with Crippen LogP contribution in [0.4, 0.5) is 13.2 Å². The Bertz CT molecular complexity index is 833. The fraction of sp³-hybridized carbons (Fsp3) is 0.294. The molecule has 0 aliphatic rings. The van der Waals surface area contributed by atoms with Gasteiger partial charge >= 0.3 is 0 Å². The van der Waals surface area contributed by atoms with Crippen molar-refractivity contribution >= 4 is 22.4 Å². The van der Waals surface area contributed by atoms with Crippen LogP contribution >= 0.6 is 12.4 Å². The van der Waals surface area contributed by atoms with Crippen LogP contribution in [0.25, 0.3) is 0 Å². The molecule has 0 N–H and O–H groups in total. The summed E-state index contributed by atoms with van der Waals surface area (Å²) in [5, 5.41) is 0. The Morgan fingerprint density at radius 2 is 1.50 bits per heavy atom. The highest BCUT2D eigenvalue weighted by atomic mass is 35.5. The molecule has 0 unspecified atom stereocenters. The monoisotopic (exact) mass is 408 g/mol. The molecular formula is C17H20ClF3N2O2S. The van der Waals surface area contributed by atoms with Gasteiger partial charge in [0.05, 0.1) is 0 Å². The van der Waals surface area contributed by atoms with Crippen LogP contribution in [0, 0.1) is 17.5 Å². The first-order chi connectivity index (χ1) is 11.7. The third-order valence-electron chi connectivity index (χ3n) is 3.62. The van der Waals surface area contributed by atoms with Gasteiger partial charge < -0.3 is 4.90 Å². The molecule has 0 radical (unpaired) electrons. The van der Waals surface area contributed by atoms with Crippen molar-refractivity contribution in [3.63, 3.8) is 0 Å². The second kappa shape index (κ2) is 9.36. The van der Waals surface area contributed by atoms with E-state index in [4.69, 9.17) is 0 Å². The lowest BCUT2D eigenvalue weighted by molar-refractivity contribution is 0.327. The lowest BCUT2D eigenvalue weighted by atomic mass is 10.2. The zero-order chi connectivity index (χ0) is 18.6. The molecule has 0 bridgehead atoms. The molecule has 0 saturated heterocycles. The number of halogens is 4. The summed E-state index contributed by atoms with van der Waals surface area (Å²) in [6, 6.07) is 10.1. The molecule has 0 amide bonds. The van der Waals surface area contributed by atoms with Crippen LogP contribution < -0.4 is 0 Å². The lowest BCUT2D eigenvalue weighted by Gasteiger charge is -2.24. The quantitative estimate of drug-likeness (QED) is 0.660. The third kappa shape index (κ3) is 5.20. The Morgan fingerprint density at radius 3 is 2.08 bits per heavy atom. The van der Waals surface area contributed by atoms with Gasteiger partial charge in [0.1, 0.15) is 4.90 Å². The molecule has 144 valence electrons. The van der Waals surface area contributed by atoms with Gasteiger partial charge in [-0.1, -0.05) is 30.3 Å². The van der Waals surface area contributed by atoms with Gasteiger partial charge in [-0.05, 0) is 31.8 Å². The highest BCUT2D eigenvalue weighted by Gasteiger charge is 2.30. The van der Waals surface area contributed by atoms with Gasteiger partial charge in [-0.15, -0.1) is 12.4 Å². The first kappa shape index (κ1) is 22.4. The average Bonchev–Trinajstić information content (AvgIpc) is 2.57. The second-order valence-corrected chi connectivity index (χ2v) is 7.71. The minimum atomic E-state index is -4.34. The summed E-state index contributed by atoms with van der Waals surface area (Å²) in [5.74, 6) is -4.93. The zero-order valence-electron chi connectivity index (χ0n) is 14.3. The van der Waals surface area contributed by atoms with E-state index < -0.39 is 32.4 Å². The fourth-order valence-corrected chi connectivity index (χ4v) is 3.70. The van der Waals surface area contributed by atoms with Crippen molar-refractivity contribution in [2.24, 2.45) is 0 Å². The van der Waals surface area contributed by atoms with Crippen LogP contribution in [0.15, 0.2) is 47.4 Å². The van der Waals surface area contributed by atoms with Crippen molar-refractivity contribution in [2.45, 2.75) is 11.4 Å². The van der Waals surface area contributed by atoms with Crippen molar-refractivity contribution < 1.29 is 21.6 Å². The van der Waals surface area contributed by atoms with Gasteiger partial charge in [-0.3, -0.25) is 0 Å². The van der Waals surface area contributed by atoms with Crippen LogP contribution in [0.1, 0.15) is 5.56 Å². The molecule has 0 aliphatic carbocycles. The standard InChI is InChI=1S/C17H19F3N2O2S.ClH/c1-21(2)10-11-22(12-13-6-4-3-5-7-13)25(23,24)15-9-8-14(18)16(19)17(15)20;/h3-9H,10-12H2,1-2H3;1H. The van der Waals surface area contributed by atoms with E-state index >= 15 is 0 Å². The van der Waals surface area contributed by atoms with E-state index in [0.717, 1.165) is 10.4 Å². The van der Waals surface area contributed by atoms with E-state index in [2.05, 4.69) is 0 Å². The number of benzene rings is 2. The van der Waals surface area contributed by atoms with E-state index in [1.165, 1.54) is 0 Å². The molecule has 0 fully saturated rings. The van der Waals surface area contributed by atoms with Crippen LogP contribution in [0.5, 0.6) is 0 Å². The van der Waals surface area contributed by atoms with Gasteiger partial charge in [0.15, 0.2) is 17.5 Å². The molecule has 4 nitrogen and oxygen atoms in total. The summed E-state index contributed by atoms with van der Waals surface area (Å²) in [6.07, 6.45) is 0. The number of sulfonamides is 1. The first-order valence-corrected chi connectivity index (χ1v) is 9.00. The average molecular weight is 409 g/mol. The summed E-state index contributed by atoms with van der Waals surface area (Å²) in [6.45, 7) is 0.454. The third-order valence-corrected chi connectivity index (χ3v) is 5.48. The Kier molecular flexibility index (Phi) is 8.08. The highest BCUT2D eigenvalue weighted by molar-refractivity contribution is 7.89. The minimum Gasteiger partial charge on any atom is -0.308 e. The zero-order valence-corrected chi connectivity index (χ0v) is 16.0. The Morgan fingerprint density at radius 1 is 0.885 bits per heavy atom. The van der Waals surface area contributed by atoms with Crippen LogP contribution in [0.2, 0.25) is 0 Å². The number of rotatable bonds is 7. The lowest BCUT2D eigenvalue weighted by Crippen LogP contribution is -2.36. The van der Waals surface area contributed by atoms with E-state index in [1.54, 1.807) is 49.3 Å². The molecule has 2 aromatic carbocycles. The number of hydrogen-bond acceptors (Lipinski definition) is 3. The van der Waals surface area contributed by atoms with Crippen molar-refractivity contribution in [1.29, 1.82) is 0 Å². The van der Waals surface area contributed by atoms with Crippen LogP contribution in [-0.2, 0) is 16.6 Å². The van der Waals surface area contributed by atoms with E-state index in [1.807, 2.05) is 0 Å². The van der Waals surface area contributed by atoms with Gasteiger partial charge in [0.25, 0.3) is 0 Å². The maximum Gasteiger partial charge on any atom is 0.246 e. The summed E-state index contributed by atoms with van der Waals surface area (Å²) < 4.78 is 67.3. The molecule has 0 aliphatic heterocycles. The molecule has 26 heavy (non-hydrogen) atoms. The first-order valence-electron chi connectivity index (χ1n) is 7.56. The van der Waals surface area contributed by atoms with Crippen molar-refractivity contribution in [3.05, 3.63) is 65.5 Å². The van der Waals surface area contributed by atoms with E-state index in [-0.39, 0.29) is 25.5 Å². The van der Waals surface area contributed by atoms with E-state index in [0.29, 0.717) is 18.2 Å². The topological polar surface area (TPSA) is 40.6 Å². The minimum absolute atomic E-state index is 0. The predicted octanol–water partition coefficient (Wildman–Crippen LogP) is 3.28. The summed E-state index contributed by atoms with van der Waals surface area (Å²) in [5.41, 5.74) is 0.702. The Balaban J connectivity index is 0.00000338. The maximum atomic E-state index is 14.0. The van der Waals surface area contributed by atoms with Crippen molar-refractivity contribution in [1.82, 2.24) is 9.21 Å². The Hall–Kier alpha value is -1.61. The van der Waals surface area contributed by atoms with Crippen LogP contribution in [-0.4, -0.2) is 44.8 Å². The van der Waals surface area contributed by atoms with Crippen molar-refractivity contribution in [3.8, 4) is 0 Å². The number of nitrogens with zero attached hydrogens (tertiary/aromatic N) is 2. The van der Waals surface area contributed by atoms with Gasteiger partial charge in [-0.25, -0.2) is 21.6 Å². The molecular weight excluding hydrogens is 389 g/mol. The number of likely N-dealkylation sites (N-methyl/N-ethyl adjacent to an activating group) is 1. The largest absolute Gasteiger partial charge is 0.308 e. The van der Waals surface area contributed by atoms with Crippen LogP contribution in [0.3, 0.4) is 0 Å². The van der Waals surface area contributed by atoms with E-state index in [9.17, 15) is 21.6 Å². The smallest absolute Gasteiger partial charge is 0.246 e. The number of hydrogen-bond donors (Lipinski definition) is 0. The molecule has 0 saturated carbocycles. The normalized spacial score (nSPS) is 11.7. The molecule has 9 heteroatoms. The summed E-state index contributed by atoms with van der Waals surface area (Å²) in [7, 11) is -0.801. The molecule has 0 atom stereocenters. The molecule has 0 aromatic heterocycles. The van der Waals surface area contributed by atoms with Gasteiger partial charge in [-0.2, -0.15) is 4.31 Å². The van der Waals surface area contributed by atoms with Crippen molar-refractivity contribution in [2.75, 3.05) is 27.2 Å². The Labute approximate surface area is 157 Å². The molecule has 0 spiro atoms. The van der Waals surface area contributed by atoms with Gasteiger partial charge in [0.2, 0.25) is 10.0 Å². The summed E-state index contributed by atoms with van der Waals surface area (Å²) in [4.78, 5) is 0.899. The second-order valence-electron chi connectivity index (χ2n) is 5.80. The molecule has 0 heterocycles. The SMILES string of the molecule is CN(C)CCN(Cc1ccccc1)S(=O)(=O)c1ccc(F)c(F)c1F.Cl. The predicted molar refractivity (Wildman–Crippen MR) is 96.2 cm³/mol. The molecule has 2 aromatic rings. The highest BCUT2D eigenvalue weighted by Crippen LogP contribution is 2.24. The fourth-order valence-electron chi connectivity index (χ4n) is 2.23. The maximum absolute atomic E-state index is 14.0. The van der Waals surface area contributed by atoms with Gasteiger partial charge in [0, 0.05) is 19.6 Å².